The standard InChI is InChI=1S/C18H25N5O/c19-13-14-12-15(20)4-5-16(14)22-10-6-18(7-11-22,17(21)24)23-8-2-1-3-9-23/h4-5,12H,1-3,6-11,20H2,(H2,21,24). The number of carbonyl (C=O) groups excluding carboxylic acids is 1. The molecule has 0 spiro atoms. The van der Waals surface area contributed by atoms with E-state index in [4.69, 9.17) is 11.5 Å². The zero-order valence-corrected chi connectivity index (χ0v) is 14.0. The molecule has 128 valence electrons. The normalized spacial score (nSPS) is 21.2. The maximum atomic E-state index is 12.3. The molecule has 6 heteroatoms. The lowest BCUT2D eigenvalue weighted by atomic mass is 9.83. The molecular formula is C18H25N5O. The molecule has 2 saturated heterocycles. The molecule has 1 aromatic rings. The van der Waals surface area contributed by atoms with Crippen LogP contribution in [0.15, 0.2) is 18.2 Å². The van der Waals surface area contributed by atoms with E-state index in [0.29, 0.717) is 24.1 Å². The zero-order valence-electron chi connectivity index (χ0n) is 14.0. The second-order valence-corrected chi connectivity index (χ2v) is 6.82. The van der Waals surface area contributed by atoms with Crippen LogP contribution in [0.3, 0.4) is 0 Å². The van der Waals surface area contributed by atoms with E-state index in [1.807, 2.05) is 12.1 Å². The van der Waals surface area contributed by atoms with Crippen LogP contribution in [0.2, 0.25) is 0 Å². The number of rotatable bonds is 3. The Morgan fingerprint density at radius 1 is 1.12 bits per heavy atom. The third kappa shape index (κ3) is 2.92. The van der Waals surface area contributed by atoms with Crippen LogP contribution in [0.25, 0.3) is 0 Å². The van der Waals surface area contributed by atoms with Crippen molar-refractivity contribution in [1.82, 2.24) is 4.90 Å². The molecule has 0 bridgehead atoms. The molecule has 24 heavy (non-hydrogen) atoms. The monoisotopic (exact) mass is 327 g/mol. The number of carbonyl (C=O) groups is 1. The van der Waals surface area contributed by atoms with Gasteiger partial charge in [0.1, 0.15) is 11.6 Å². The molecule has 0 unspecified atom stereocenters. The van der Waals surface area contributed by atoms with E-state index < -0.39 is 5.54 Å². The number of nitrogen functional groups attached to an aromatic ring is 1. The van der Waals surface area contributed by atoms with Gasteiger partial charge in [0.25, 0.3) is 0 Å². The third-order valence-corrected chi connectivity index (χ3v) is 5.49. The first-order valence-corrected chi connectivity index (χ1v) is 8.66. The lowest BCUT2D eigenvalue weighted by Gasteiger charge is -2.48. The highest BCUT2D eigenvalue weighted by molar-refractivity contribution is 5.85. The molecule has 1 aromatic carbocycles. The second-order valence-electron chi connectivity index (χ2n) is 6.82. The summed E-state index contributed by atoms with van der Waals surface area (Å²) >= 11 is 0. The highest BCUT2D eigenvalue weighted by Gasteiger charge is 2.45. The first kappa shape index (κ1) is 16.6. The first-order valence-electron chi connectivity index (χ1n) is 8.66. The number of likely N-dealkylation sites (tertiary alicyclic amines) is 1. The summed E-state index contributed by atoms with van der Waals surface area (Å²) in [4.78, 5) is 16.7. The number of primary amides is 1. The number of benzene rings is 1. The van der Waals surface area contributed by atoms with E-state index in [1.165, 1.54) is 6.42 Å². The number of hydrogen-bond acceptors (Lipinski definition) is 5. The molecule has 4 N–H and O–H groups in total. The summed E-state index contributed by atoms with van der Waals surface area (Å²) in [5.41, 5.74) is 13.1. The molecule has 1 amide bonds. The van der Waals surface area contributed by atoms with Gasteiger partial charge in [-0.2, -0.15) is 5.26 Å². The molecule has 0 aliphatic carbocycles. The van der Waals surface area contributed by atoms with E-state index in [2.05, 4.69) is 15.9 Å². The summed E-state index contributed by atoms with van der Waals surface area (Å²) in [6, 6.07) is 7.63. The largest absolute Gasteiger partial charge is 0.399 e. The molecular weight excluding hydrogens is 302 g/mol. The van der Waals surface area contributed by atoms with Crippen molar-refractivity contribution in [1.29, 1.82) is 5.26 Å². The minimum absolute atomic E-state index is 0.207. The fourth-order valence-electron chi connectivity index (χ4n) is 4.08. The number of piperidine rings is 2. The van der Waals surface area contributed by atoms with Crippen LogP contribution in [0.1, 0.15) is 37.7 Å². The smallest absolute Gasteiger partial charge is 0.238 e. The molecule has 0 atom stereocenters. The van der Waals surface area contributed by atoms with Gasteiger partial charge < -0.3 is 16.4 Å². The number of nitrogens with zero attached hydrogens (tertiary/aromatic N) is 3. The summed E-state index contributed by atoms with van der Waals surface area (Å²) in [6.45, 7) is 3.35. The minimum atomic E-state index is -0.530. The van der Waals surface area contributed by atoms with Gasteiger partial charge >= 0.3 is 0 Å². The lowest BCUT2D eigenvalue weighted by Crippen LogP contribution is -2.63. The number of nitrogens with two attached hydrogens (primary N) is 2. The molecule has 3 rings (SSSR count). The van der Waals surface area contributed by atoms with E-state index in [-0.39, 0.29) is 5.91 Å². The molecule has 0 aromatic heterocycles. The highest BCUT2D eigenvalue weighted by atomic mass is 16.1. The molecule has 0 radical (unpaired) electrons. The molecule has 2 fully saturated rings. The van der Waals surface area contributed by atoms with E-state index in [9.17, 15) is 10.1 Å². The van der Waals surface area contributed by atoms with Crippen LogP contribution in [0.4, 0.5) is 11.4 Å². The molecule has 6 nitrogen and oxygen atoms in total. The van der Waals surface area contributed by atoms with Crippen LogP contribution < -0.4 is 16.4 Å². The van der Waals surface area contributed by atoms with Crippen molar-refractivity contribution in [3.05, 3.63) is 23.8 Å². The zero-order chi connectivity index (χ0) is 17.2. The van der Waals surface area contributed by atoms with Gasteiger partial charge in [-0.05, 0) is 57.0 Å². The molecule has 0 saturated carbocycles. The highest BCUT2D eigenvalue weighted by Crippen LogP contribution is 2.34. The van der Waals surface area contributed by atoms with Crippen molar-refractivity contribution in [3.63, 3.8) is 0 Å². The van der Waals surface area contributed by atoms with Crippen molar-refractivity contribution < 1.29 is 4.79 Å². The Balaban J connectivity index is 1.79. The van der Waals surface area contributed by atoms with E-state index in [0.717, 1.165) is 44.7 Å². The van der Waals surface area contributed by atoms with Crippen LogP contribution >= 0.6 is 0 Å². The average molecular weight is 327 g/mol. The van der Waals surface area contributed by atoms with Crippen molar-refractivity contribution >= 4 is 17.3 Å². The van der Waals surface area contributed by atoms with Gasteiger partial charge in [-0.15, -0.1) is 0 Å². The number of anilines is 2. The van der Waals surface area contributed by atoms with Crippen LogP contribution in [0, 0.1) is 11.3 Å². The van der Waals surface area contributed by atoms with Gasteiger partial charge in [0.2, 0.25) is 5.91 Å². The Bertz CT molecular complexity index is 652. The topological polar surface area (TPSA) is 99.4 Å². The number of amides is 1. The third-order valence-electron chi connectivity index (χ3n) is 5.49. The van der Waals surface area contributed by atoms with Crippen molar-refractivity contribution in [2.45, 2.75) is 37.6 Å². The average Bonchev–Trinajstić information content (AvgIpc) is 2.62. The van der Waals surface area contributed by atoms with Gasteiger partial charge in [0.05, 0.1) is 11.3 Å². The van der Waals surface area contributed by atoms with Gasteiger partial charge in [0, 0.05) is 18.8 Å². The predicted octanol–water partition coefficient (Wildman–Crippen LogP) is 1.45. The Labute approximate surface area is 143 Å². The summed E-state index contributed by atoms with van der Waals surface area (Å²) in [5, 5.41) is 9.35. The number of nitriles is 1. The van der Waals surface area contributed by atoms with Crippen molar-refractivity contribution in [2.24, 2.45) is 5.73 Å². The lowest BCUT2D eigenvalue weighted by molar-refractivity contribution is -0.132. The van der Waals surface area contributed by atoms with Crippen LogP contribution in [-0.2, 0) is 4.79 Å². The number of hydrogen-bond donors (Lipinski definition) is 2. The summed E-state index contributed by atoms with van der Waals surface area (Å²) in [5.74, 6) is -0.207. The van der Waals surface area contributed by atoms with Gasteiger partial charge in [0.15, 0.2) is 0 Å². The quantitative estimate of drug-likeness (QED) is 0.819. The maximum Gasteiger partial charge on any atom is 0.238 e. The summed E-state index contributed by atoms with van der Waals surface area (Å²) in [6.07, 6.45) is 4.91. The van der Waals surface area contributed by atoms with Gasteiger partial charge in [-0.3, -0.25) is 9.69 Å². The summed E-state index contributed by atoms with van der Waals surface area (Å²) in [7, 11) is 0. The Morgan fingerprint density at radius 2 is 1.79 bits per heavy atom. The Morgan fingerprint density at radius 3 is 2.38 bits per heavy atom. The first-order chi connectivity index (χ1) is 11.6. The predicted molar refractivity (Wildman–Crippen MR) is 94.4 cm³/mol. The van der Waals surface area contributed by atoms with Crippen LogP contribution in [-0.4, -0.2) is 42.5 Å². The van der Waals surface area contributed by atoms with Gasteiger partial charge in [-0.1, -0.05) is 6.42 Å². The maximum absolute atomic E-state index is 12.3. The molecule has 2 heterocycles. The summed E-state index contributed by atoms with van der Waals surface area (Å²) < 4.78 is 0. The van der Waals surface area contributed by atoms with Gasteiger partial charge in [-0.25, -0.2) is 0 Å². The fourth-order valence-corrected chi connectivity index (χ4v) is 4.08. The SMILES string of the molecule is N#Cc1cc(N)ccc1N1CCC(C(N)=O)(N2CCCCC2)CC1. The van der Waals surface area contributed by atoms with E-state index in [1.54, 1.807) is 6.07 Å². The van der Waals surface area contributed by atoms with E-state index >= 15 is 0 Å². The second kappa shape index (κ2) is 6.70. The fraction of sp³-hybridized carbons (Fsp3) is 0.556. The van der Waals surface area contributed by atoms with Crippen LogP contribution in [0.5, 0.6) is 0 Å². The molecule has 2 aliphatic heterocycles. The Hall–Kier alpha value is -2.26. The molecule has 2 aliphatic rings. The van der Waals surface area contributed by atoms with Crippen molar-refractivity contribution in [3.8, 4) is 6.07 Å². The Kier molecular flexibility index (Phi) is 4.63. The van der Waals surface area contributed by atoms with Crippen molar-refractivity contribution in [2.75, 3.05) is 36.8 Å². The minimum Gasteiger partial charge on any atom is -0.399 e.